The van der Waals surface area contributed by atoms with E-state index >= 15 is 0 Å². The van der Waals surface area contributed by atoms with Crippen LogP contribution in [0.3, 0.4) is 0 Å². The zero-order valence-corrected chi connectivity index (χ0v) is 9.14. The Kier molecular flexibility index (Phi) is 10.6. The summed E-state index contributed by atoms with van der Waals surface area (Å²) in [5.41, 5.74) is 2.05. The van der Waals surface area contributed by atoms with E-state index in [9.17, 15) is 0 Å². The minimum Gasteiger partial charge on any atom is -0.300 e. The minimum atomic E-state index is 0. The second-order valence-corrected chi connectivity index (χ2v) is 2.44. The molecule has 82 valence electrons. The monoisotopic (exact) mass is 240 g/mol. The Bertz CT molecular complexity index is 206. The lowest BCUT2D eigenvalue weighted by Crippen LogP contribution is -2.00. The summed E-state index contributed by atoms with van der Waals surface area (Å²) in [6, 6.07) is 7.67. The van der Waals surface area contributed by atoms with Gasteiger partial charge in [-0.3, -0.25) is 9.68 Å². The summed E-state index contributed by atoms with van der Waals surface area (Å²) in [5, 5.41) is 0. The zero-order chi connectivity index (χ0) is 8.81. The molecule has 0 fully saturated rings. The van der Waals surface area contributed by atoms with Gasteiger partial charge in [0.05, 0.1) is 13.2 Å². The third-order valence-electron chi connectivity index (χ3n) is 1.52. The molecule has 0 heterocycles. The smallest absolute Gasteiger partial charge is 0.0930 e. The molecular weight excluding hydrogens is 227 g/mol. The normalized spacial score (nSPS) is 8.71. The lowest BCUT2D eigenvalue weighted by Gasteiger charge is -2.01. The van der Waals surface area contributed by atoms with Crippen LogP contribution in [-0.4, -0.2) is 0 Å². The number of rotatable bonds is 4. The molecular formula is C8H14Cl2N2O2. The van der Waals surface area contributed by atoms with Gasteiger partial charge < -0.3 is 0 Å². The molecule has 0 radical (unpaired) electrons. The molecule has 0 unspecified atom stereocenters. The first-order chi connectivity index (χ1) is 5.86. The van der Waals surface area contributed by atoms with Gasteiger partial charge in [-0.25, -0.2) is 11.8 Å². The van der Waals surface area contributed by atoms with Crippen LogP contribution in [0.4, 0.5) is 0 Å². The maximum absolute atomic E-state index is 4.91. The number of hydrogen-bond acceptors (Lipinski definition) is 4. The molecule has 1 aromatic rings. The molecule has 4 N–H and O–H groups in total. The maximum Gasteiger partial charge on any atom is 0.0930 e. The summed E-state index contributed by atoms with van der Waals surface area (Å²) < 4.78 is 0. The molecule has 0 amide bonds. The summed E-state index contributed by atoms with van der Waals surface area (Å²) in [6.07, 6.45) is 0. The molecule has 0 bridgehead atoms. The molecule has 0 atom stereocenters. The predicted octanol–water partition coefficient (Wildman–Crippen LogP) is 1.31. The van der Waals surface area contributed by atoms with Crippen molar-refractivity contribution in [2.75, 3.05) is 0 Å². The number of halogens is 2. The van der Waals surface area contributed by atoms with Gasteiger partial charge in [-0.2, -0.15) is 0 Å². The van der Waals surface area contributed by atoms with E-state index in [1.165, 1.54) is 0 Å². The molecule has 0 aromatic heterocycles. The van der Waals surface area contributed by atoms with Crippen molar-refractivity contribution in [2.45, 2.75) is 13.2 Å². The largest absolute Gasteiger partial charge is 0.300 e. The van der Waals surface area contributed by atoms with Crippen molar-refractivity contribution in [1.82, 2.24) is 0 Å². The number of hydrogen-bond donors (Lipinski definition) is 2. The third kappa shape index (κ3) is 5.39. The molecule has 14 heavy (non-hydrogen) atoms. The van der Waals surface area contributed by atoms with Gasteiger partial charge in [0, 0.05) is 0 Å². The van der Waals surface area contributed by atoms with Crippen LogP contribution in [0.5, 0.6) is 0 Å². The van der Waals surface area contributed by atoms with Gasteiger partial charge in [0.2, 0.25) is 0 Å². The first-order valence-corrected chi connectivity index (χ1v) is 3.58. The quantitative estimate of drug-likeness (QED) is 0.779. The van der Waals surface area contributed by atoms with E-state index in [4.69, 9.17) is 11.8 Å². The second kappa shape index (κ2) is 9.21. The van der Waals surface area contributed by atoms with Gasteiger partial charge in [-0.15, -0.1) is 24.8 Å². The van der Waals surface area contributed by atoms with Crippen LogP contribution in [-0.2, 0) is 22.9 Å². The van der Waals surface area contributed by atoms with Crippen molar-refractivity contribution in [3.63, 3.8) is 0 Å². The molecule has 0 aliphatic carbocycles. The van der Waals surface area contributed by atoms with Gasteiger partial charge in [-0.05, 0) is 11.1 Å². The highest BCUT2D eigenvalue weighted by molar-refractivity contribution is 5.85. The fourth-order valence-corrected chi connectivity index (χ4v) is 0.924. The number of benzene rings is 1. The van der Waals surface area contributed by atoms with Crippen molar-refractivity contribution >= 4 is 24.8 Å². The Morgan fingerprint density at radius 3 is 1.29 bits per heavy atom. The summed E-state index contributed by atoms with van der Waals surface area (Å²) >= 11 is 0. The average Bonchev–Trinajstić information content (AvgIpc) is 2.09. The molecule has 1 aromatic carbocycles. The standard InChI is InChI=1S/C8H12N2O2.2ClH/c9-11-5-7-1-2-8(4-3-7)6-12-10;;/h1-4H,5-6,9-10H2;2*1H. The van der Waals surface area contributed by atoms with Crippen molar-refractivity contribution < 1.29 is 9.68 Å². The Morgan fingerprint density at radius 2 is 1.07 bits per heavy atom. The molecule has 0 saturated heterocycles. The van der Waals surface area contributed by atoms with E-state index in [0.717, 1.165) is 11.1 Å². The van der Waals surface area contributed by atoms with Gasteiger partial charge in [0.15, 0.2) is 0 Å². The summed E-state index contributed by atoms with van der Waals surface area (Å²) in [7, 11) is 0. The number of nitrogens with two attached hydrogens (primary N) is 2. The first kappa shape index (κ1) is 16.1. The third-order valence-corrected chi connectivity index (χ3v) is 1.52. The zero-order valence-electron chi connectivity index (χ0n) is 7.51. The predicted molar refractivity (Wildman–Crippen MR) is 58.9 cm³/mol. The van der Waals surface area contributed by atoms with E-state index < -0.39 is 0 Å². The molecule has 1 rings (SSSR count). The van der Waals surface area contributed by atoms with Crippen molar-refractivity contribution in [2.24, 2.45) is 11.8 Å². The SMILES string of the molecule is Cl.Cl.NOCc1ccc(CON)cc1. The van der Waals surface area contributed by atoms with E-state index in [1.807, 2.05) is 24.3 Å². The van der Waals surface area contributed by atoms with Crippen molar-refractivity contribution in [3.8, 4) is 0 Å². The van der Waals surface area contributed by atoms with E-state index in [1.54, 1.807) is 0 Å². The molecule has 0 saturated carbocycles. The van der Waals surface area contributed by atoms with Crippen LogP contribution in [0.25, 0.3) is 0 Å². The van der Waals surface area contributed by atoms with Crippen molar-refractivity contribution in [3.05, 3.63) is 35.4 Å². The minimum absolute atomic E-state index is 0. The average molecular weight is 241 g/mol. The molecule has 0 aliphatic heterocycles. The Labute approximate surface area is 95.3 Å². The van der Waals surface area contributed by atoms with Crippen molar-refractivity contribution in [1.29, 1.82) is 0 Å². The second-order valence-electron chi connectivity index (χ2n) is 2.44. The van der Waals surface area contributed by atoms with Crippen LogP contribution in [0, 0.1) is 0 Å². The Hall–Kier alpha value is -0.360. The van der Waals surface area contributed by atoms with Crippen LogP contribution >= 0.6 is 24.8 Å². The first-order valence-electron chi connectivity index (χ1n) is 3.58. The van der Waals surface area contributed by atoms with Gasteiger partial charge in [0.1, 0.15) is 0 Å². The molecule has 4 nitrogen and oxygen atoms in total. The highest BCUT2D eigenvalue weighted by Gasteiger charge is 1.93. The Morgan fingerprint density at radius 1 is 0.786 bits per heavy atom. The van der Waals surface area contributed by atoms with Gasteiger partial charge >= 0.3 is 0 Å². The Balaban J connectivity index is 0. The van der Waals surface area contributed by atoms with Crippen LogP contribution in [0.1, 0.15) is 11.1 Å². The van der Waals surface area contributed by atoms with Crippen LogP contribution in [0.15, 0.2) is 24.3 Å². The topological polar surface area (TPSA) is 70.5 Å². The van der Waals surface area contributed by atoms with E-state index in [0.29, 0.717) is 13.2 Å². The highest BCUT2D eigenvalue weighted by atomic mass is 35.5. The molecule has 6 heteroatoms. The van der Waals surface area contributed by atoms with Crippen LogP contribution in [0.2, 0.25) is 0 Å². The fourth-order valence-electron chi connectivity index (χ4n) is 0.924. The molecule has 0 aliphatic rings. The fraction of sp³-hybridized carbons (Fsp3) is 0.250. The summed E-state index contributed by atoms with van der Waals surface area (Å²) in [6.45, 7) is 0.841. The van der Waals surface area contributed by atoms with Crippen LogP contribution < -0.4 is 11.8 Å². The lowest BCUT2D eigenvalue weighted by atomic mass is 10.1. The van der Waals surface area contributed by atoms with E-state index in [2.05, 4.69) is 9.68 Å². The summed E-state index contributed by atoms with van der Waals surface area (Å²) in [5.74, 6) is 9.83. The van der Waals surface area contributed by atoms with E-state index in [-0.39, 0.29) is 24.8 Å². The molecule has 0 spiro atoms. The highest BCUT2D eigenvalue weighted by Crippen LogP contribution is 2.05. The maximum atomic E-state index is 4.91. The lowest BCUT2D eigenvalue weighted by molar-refractivity contribution is 0.122. The van der Waals surface area contributed by atoms with Gasteiger partial charge in [-0.1, -0.05) is 24.3 Å². The van der Waals surface area contributed by atoms with Gasteiger partial charge in [0.25, 0.3) is 0 Å². The summed E-state index contributed by atoms with van der Waals surface area (Å²) in [4.78, 5) is 8.94.